The molecule has 0 atom stereocenters. The highest BCUT2D eigenvalue weighted by Gasteiger charge is 1.49. The van der Waals surface area contributed by atoms with E-state index in [1.54, 1.807) is 0 Å². The predicted octanol–water partition coefficient (Wildman–Crippen LogP) is -0.519. The van der Waals surface area contributed by atoms with Crippen LogP contribution < -0.4 is 0 Å². The van der Waals surface area contributed by atoms with Crippen molar-refractivity contribution in [2.45, 2.75) is 0 Å². The van der Waals surface area contributed by atoms with Gasteiger partial charge in [0.1, 0.15) is 5.40 Å². The van der Waals surface area contributed by atoms with Crippen LogP contribution in [0.5, 0.6) is 0 Å². The summed E-state index contributed by atoms with van der Waals surface area (Å²) in [6, 6.07) is 0. The fourth-order valence-corrected chi connectivity index (χ4v) is 0. The van der Waals surface area contributed by atoms with Gasteiger partial charge in [-0.1, -0.05) is 11.2 Å². The third-order valence-corrected chi connectivity index (χ3v) is 0.822. The molecule has 22 valence electrons. The van der Waals surface area contributed by atoms with Crippen LogP contribution in [0, 0.1) is 10.7 Å². The van der Waals surface area contributed by atoms with E-state index in [-0.39, 0.29) is 0 Å². The molecular weight excluding hydrogens is 86.2 g/mol. The minimum atomic E-state index is 0.945. The van der Waals surface area contributed by atoms with Crippen LogP contribution in [0.15, 0.2) is 0 Å². The smallest absolute Gasteiger partial charge is 0.125 e. The molecule has 0 rings (SSSR count). The molecule has 0 aromatic heterocycles. The van der Waals surface area contributed by atoms with Gasteiger partial charge in [0.05, 0.1) is 9.39 Å². The maximum Gasteiger partial charge on any atom is 0.125 e. The zero-order valence-electron chi connectivity index (χ0n) is 2.36. The molecule has 0 amide bonds. The van der Waals surface area contributed by atoms with Gasteiger partial charge in [0, 0.05) is 0 Å². The van der Waals surface area contributed by atoms with Crippen LogP contribution in [0.2, 0.25) is 0 Å². The Morgan fingerprint density at radius 1 is 2.00 bits per heavy atom. The summed E-state index contributed by atoms with van der Waals surface area (Å²) in [5, 5.41) is 9.53. The molecule has 1 nitrogen and oxygen atoms in total. The first-order valence-electron chi connectivity index (χ1n) is 0.836. The second-order valence-electron chi connectivity index (χ2n) is 0.295. The second kappa shape index (κ2) is 3.06. The number of hydrogen-bond acceptors (Lipinski definition) is 2. The van der Waals surface area contributed by atoms with Crippen molar-refractivity contribution in [1.29, 1.82) is 5.26 Å². The molecular formula is CH3NSSi. The first-order chi connectivity index (χ1) is 1.91. The van der Waals surface area contributed by atoms with Gasteiger partial charge >= 0.3 is 0 Å². The Morgan fingerprint density at radius 3 is 2.25 bits per heavy atom. The highest BCUT2D eigenvalue weighted by atomic mass is 32.4. The lowest BCUT2D eigenvalue weighted by Crippen LogP contribution is -1.33. The van der Waals surface area contributed by atoms with Crippen LogP contribution in [0.3, 0.4) is 0 Å². The fraction of sp³-hybridized carbons (Fsp3) is 0. The SMILES string of the molecule is N#CS[SiH3]. The van der Waals surface area contributed by atoms with Crippen LogP contribution in [0.4, 0.5) is 0 Å². The lowest BCUT2D eigenvalue weighted by molar-refractivity contribution is 1.57. The number of nitrogens with zero attached hydrogens (tertiary/aromatic N) is 1. The normalized spacial score (nSPS) is 5.75. The molecule has 4 heavy (non-hydrogen) atoms. The highest BCUT2D eigenvalue weighted by Crippen LogP contribution is 1.76. The van der Waals surface area contributed by atoms with E-state index in [0.29, 0.717) is 0 Å². The van der Waals surface area contributed by atoms with Gasteiger partial charge in [-0.2, -0.15) is 5.26 Å². The lowest BCUT2D eigenvalue weighted by atomic mass is 11.8. The van der Waals surface area contributed by atoms with E-state index in [0.717, 1.165) is 9.39 Å². The number of nitriles is 1. The van der Waals surface area contributed by atoms with E-state index in [4.69, 9.17) is 5.26 Å². The summed E-state index contributed by atoms with van der Waals surface area (Å²) in [7, 11) is 0.945. The largest absolute Gasteiger partial charge is 0.186 e. The summed E-state index contributed by atoms with van der Waals surface area (Å²) < 4.78 is 0. The standard InChI is InChI=1S/CH3NSSi/c2-1-3-4/h4H3. The van der Waals surface area contributed by atoms with Crippen LogP contribution in [0.1, 0.15) is 0 Å². The van der Waals surface area contributed by atoms with Crippen LogP contribution >= 0.6 is 11.2 Å². The summed E-state index contributed by atoms with van der Waals surface area (Å²) in [6.07, 6.45) is 0. The molecule has 0 bridgehead atoms. The first kappa shape index (κ1) is 4.06. The Morgan fingerprint density at radius 2 is 2.25 bits per heavy atom. The topological polar surface area (TPSA) is 23.8 Å². The molecule has 0 radical (unpaired) electrons. The minimum Gasteiger partial charge on any atom is -0.186 e. The van der Waals surface area contributed by atoms with Crippen LogP contribution in [-0.4, -0.2) is 9.39 Å². The summed E-state index contributed by atoms with van der Waals surface area (Å²) in [4.78, 5) is 0. The molecule has 0 heterocycles. The van der Waals surface area contributed by atoms with Gasteiger partial charge in [-0.3, -0.25) is 0 Å². The van der Waals surface area contributed by atoms with E-state index in [9.17, 15) is 0 Å². The molecule has 0 aliphatic carbocycles. The second-order valence-corrected chi connectivity index (χ2v) is 2.11. The minimum absolute atomic E-state index is 0.945. The van der Waals surface area contributed by atoms with E-state index in [1.807, 2.05) is 5.40 Å². The molecule has 0 fully saturated rings. The van der Waals surface area contributed by atoms with Gasteiger partial charge in [-0.05, 0) is 0 Å². The van der Waals surface area contributed by atoms with E-state index in [1.165, 1.54) is 11.2 Å². The molecule has 0 aliphatic heterocycles. The first-order valence-corrected chi connectivity index (χ1v) is 4.51. The third-order valence-electron chi connectivity index (χ3n) is 0.0913. The van der Waals surface area contributed by atoms with Crippen molar-refractivity contribution in [2.24, 2.45) is 0 Å². The zero-order chi connectivity index (χ0) is 3.41. The van der Waals surface area contributed by atoms with Gasteiger partial charge in [0.15, 0.2) is 0 Å². The van der Waals surface area contributed by atoms with Crippen molar-refractivity contribution < 1.29 is 0 Å². The summed E-state index contributed by atoms with van der Waals surface area (Å²) in [5.41, 5.74) is 0. The third kappa shape index (κ3) is 2.06. The zero-order valence-corrected chi connectivity index (χ0v) is 5.17. The quantitative estimate of drug-likeness (QED) is 0.294. The molecule has 0 N–H and O–H groups in total. The fourth-order valence-electron chi connectivity index (χ4n) is 0. The number of thiocyanates is 1. The monoisotopic (exact) mass is 89.0 g/mol. The van der Waals surface area contributed by atoms with Crippen molar-refractivity contribution in [3.05, 3.63) is 0 Å². The molecule has 0 aliphatic rings. The molecule has 0 spiro atoms. The van der Waals surface area contributed by atoms with Gasteiger partial charge in [0.2, 0.25) is 0 Å². The molecule has 3 heteroatoms. The molecule has 0 saturated heterocycles. The van der Waals surface area contributed by atoms with Crippen LogP contribution in [0.25, 0.3) is 0 Å². The molecule has 0 aromatic carbocycles. The Bertz CT molecular complexity index is 37.8. The Kier molecular flexibility index (Phi) is 3.10. The molecule has 0 saturated carbocycles. The average molecular weight is 89.2 g/mol. The average Bonchev–Trinajstić information content (AvgIpc) is 1.37. The van der Waals surface area contributed by atoms with Crippen molar-refractivity contribution >= 4 is 20.6 Å². The summed E-state index contributed by atoms with van der Waals surface area (Å²) in [6.45, 7) is 0. The van der Waals surface area contributed by atoms with E-state index in [2.05, 4.69) is 0 Å². The van der Waals surface area contributed by atoms with E-state index >= 15 is 0 Å². The van der Waals surface area contributed by atoms with Gasteiger partial charge in [0.25, 0.3) is 0 Å². The van der Waals surface area contributed by atoms with Gasteiger partial charge < -0.3 is 0 Å². The Hall–Kier alpha value is 0.0569. The van der Waals surface area contributed by atoms with Crippen molar-refractivity contribution in [1.82, 2.24) is 0 Å². The highest BCUT2D eigenvalue weighted by molar-refractivity contribution is 8.23. The molecule has 0 unspecified atom stereocenters. The van der Waals surface area contributed by atoms with Gasteiger partial charge in [-0.15, -0.1) is 0 Å². The lowest BCUT2D eigenvalue weighted by Gasteiger charge is -1.47. The van der Waals surface area contributed by atoms with Crippen molar-refractivity contribution in [3.63, 3.8) is 0 Å². The maximum atomic E-state index is 7.62. The van der Waals surface area contributed by atoms with Crippen LogP contribution in [-0.2, 0) is 0 Å². The number of rotatable bonds is 0. The predicted molar refractivity (Wildman–Crippen MR) is 23.1 cm³/mol. The van der Waals surface area contributed by atoms with E-state index < -0.39 is 0 Å². The Labute approximate surface area is 32.1 Å². The Balaban J connectivity index is 2.43. The van der Waals surface area contributed by atoms with Crippen molar-refractivity contribution in [2.75, 3.05) is 0 Å². The summed E-state index contributed by atoms with van der Waals surface area (Å²) >= 11 is 1.30. The maximum absolute atomic E-state index is 7.62. The molecule has 0 aromatic rings. The van der Waals surface area contributed by atoms with Crippen molar-refractivity contribution in [3.8, 4) is 5.40 Å². The number of hydrogen-bond donors (Lipinski definition) is 0. The summed E-state index contributed by atoms with van der Waals surface area (Å²) in [5.74, 6) is 0. The van der Waals surface area contributed by atoms with Gasteiger partial charge in [-0.25, -0.2) is 0 Å².